The predicted molar refractivity (Wildman–Crippen MR) is 47.3 cm³/mol. The molecule has 0 bridgehead atoms. The van der Waals surface area contributed by atoms with E-state index in [1.807, 2.05) is 18.3 Å². The van der Waals surface area contributed by atoms with Crippen LogP contribution in [-0.4, -0.2) is 28.3 Å². The van der Waals surface area contributed by atoms with Crippen LogP contribution >= 0.6 is 0 Å². The van der Waals surface area contributed by atoms with Gasteiger partial charge in [-0.05, 0) is 12.1 Å². The van der Waals surface area contributed by atoms with Crippen LogP contribution in [0.1, 0.15) is 12.0 Å². The molecule has 1 aliphatic heterocycles. The molecule has 1 N–H and O–H groups in total. The molecule has 4 heteroatoms. The van der Waals surface area contributed by atoms with E-state index in [4.69, 9.17) is 0 Å². The highest BCUT2D eigenvalue weighted by Crippen LogP contribution is 1.94. The molecule has 2 rings (SSSR count). The monoisotopic (exact) mass is 176 g/mol. The van der Waals surface area contributed by atoms with Gasteiger partial charge in [0.25, 0.3) is 5.91 Å². The Morgan fingerprint density at radius 1 is 1.62 bits per heavy atom. The zero-order valence-electron chi connectivity index (χ0n) is 7.10. The highest BCUT2D eigenvalue weighted by Gasteiger charge is 2.20. The molecule has 1 saturated heterocycles. The largest absolute Gasteiger partial charge is 0.280 e. The highest BCUT2D eigenvalue weighted by molar-refractivity contribution is 5.79. The van der Waals surface area contributed by atoms with Crippen LogP contribution < -0.4 is 5.43 Å². The summed E-state index contributed by atoms with van der Waals surface area (Å²) < 4.78 is 1.78. The molecule has 0 atom stereocenters. The van der Waals surface area contributed by atoms with E-state index < -0.39 is 0 Å². The molecule has 0 saturated carbocycles. The predicted octanol–water partition coefficient (Wildman–Crippen LogP) is -0.0521. The summed E-state index contributed by atoms with van der Waals surface area (Å²) in [6.07, 6.45) is 5.92. The second kappa shape index (κ2) is 3.35. The van der Waals surface area contributed by atoms with Gasteiger partial charge in [0.2, 0.25) is 6.21 Å². The van der Waals surface area contributed by atoms with Crippen molar-refractivity contribution in [2.24, 2.45) is 0 Å². The van der Waals surface area contributed by atoms with Crippen LogP contribution in [0.2, 0.25) is 0 Å². The van der Waals surface area contributed by atoms with Gasteiger partial charge in [-0.3, -0.25) is 9.78 Å². The van der Waals surface area contributed by atoms with Crippen molar-refractivity contribution in [1.29, 1.82) is 0 Å². The number of hydrazone groups is 1. The Kier molecular flexibility index (Phi) is 2.04. The molecule has 0 radical (unpaired) electrons. The lowest BCUT2D eigenvalue weighted by Crippen LogP contribution is -2.25. The van der Waals surface area contributed by atoms with E-state index in [2.05, 4.69) is 10.4 Å². The molecule has 2 heterocycles. The summed E-state index contributed by atoms with van der Waals surface area (Å²) >= 11 is 0. The summed E-state index contributed by atoms with van der Waals surface area (Å²) in [7, 11) is 0. The smallest absolute Gasteiger partial charge is 0.269 e. The van der Waals surface area contributed by atoms with Crippen molar-refractivity contribution in [1.82, 2.24) is 10.4 Å². The second-order valence-corrected chi connectivity index (χ2v) is 2.89. The van der Waals surface area contributed by atoms with Crippen LogP contribution in [0.4, 0.5) is 0 Å². The molecular weight excluding hydrogens is 166 g/mol. The quantitative estimate of drug-likeness (QED) is 0.610. The van der Waals surface area contributed by atoms with E-state index in [0.717, 1.165) is 12.1 Å². The van der Waals surface area contributed by atoms with Gasteiger partial charge >= 0.3 is 0 Å². The van der Waals surface area contributed by atoms with Crippen molar-refractivity contribution in [3.05, 3.63) is 30.1 Å². The van der Waals surface area contributed by atoms with Gasteiger partial charge in [0.1, 0.15) is 0 Å². The first-order chi connectivity index (χ1) is 6.34. The summed E-state index contributed by atoms with van der Waals surface area (Å²) in [6, 6.07) is 3.81. The Morgan fingerprint density at radius 3 is 3.15 bits per heavy atom. The minimum Gasteiger partial charge on any atom is -0.269 e. The van der Waals surface area contributed by atoms with Gasteiger partial charge in [0.05, 0.1) is 12.0 Å². The third-order valence-corrected chi connectivity index (χ3v) is 1.84. The minimum absolute atomic E-state index is 0.0696. The Hall–Kier alpha value is -1.71. The number of nitrogens with zero attached hydrogens (tertiary/aromatic N) is 2. The Labute approximate surface area is 75.9 Å². The fourth-order valence-corrected chi connectivity index (χ4v) is 1.22. The highest BCUT2D eigenvalue weighted by atomic mass is 16.2. The van der Waals surface area contributed by atoms with Gasteiger partial charge in [-0.15, -0.1) is 10.1 Å². The van der Waals surface area contributed by atoms with Crippen LogP contribution in [0.25, 0.3) is 0 Å². The number of nitrogens with one attached hydrogen (secondary N) is 1. The number of carbonyl (C=O) groups excluding carboxylic acids is 1. The van der Waals surface area contributed by atoms with Crippen LogP contribution in [0.5, 0.6) is 0 Å². The van der Waals surface area contributed by atoms with E-state index >= 15 is 0 Å². The average molecular weight is 176 g/mol. The van der Waals surface area contributed by atoms with Crippen molar-refractivity contribution in [3.63, 3.8) is 0 Å². The number of pyridine rings is 1. The Balaban J connectivity index is 2.17. The zero-order valence-corrected chi connectivity index (χ0v) is 7.10. The van der Waals surface area contributed by atoms with Gasteiger partial charge < -0.3 is 0 Å². The van der Waals surface area contributed by atoms with Crippen LogP contribution in [-0.2, 0) is 4.79 Å². The molecule has 0 aliphatic carbocycles. The first-order valence-electron chi connectivity index (χ1n) is 4.15. The number of amides is 1. The van der Waals surface area contributed by atoms with Crippen molar-refractivity contribution < 1.29 is 9.48 Å². The molecule has 1 aromatic heterocycles. The standard InChI is InChI=1S/C9H9N3O/c13-9-3-5-12(11-9)7-8-2-1-4-10-6-8/h1-2,4,6-7H,3,5H2/p+1. The normalized spacial score (nSPS) is 19.1. The number of hydrazine groups is 1. The van der Waals surface area contributed by atoms with E-state index in [0.29, 0.717) is 6.42 Å². The lowest BCUT2D eigenvalue weighted by Gasteiger charge is -1.90. The number of hydrogen-bond acceptors (Lipinski definition) is 2. The molecule has 1 aliphatic rings. The maximum absolute atomic E-state index is 10.9. The van der Waals surface area contributed by atoms with Crippen LogP contribution in [0.15, 0.2) is 24.5 Å². The summed E-state index contributed by atoms with van der Waals surface area (Å²) in [5.74, 6) is 0.0696. The van der Waals surface area contributed by atoms with Gasteiger partial charge in [-0.1, -0.05) is 0 Å². The summed E-state index contributed by atoms with van der Waals surface area (Å²) in [5, 5.41) is 0. The van der Waals surface area contributed by atoms with Crippen LogP contribution in [0.3, 0.4) is 0 Å². The molecule has 0 aromatic carbocycles. The van der Waals surface area contributed by atoms with E-state index in [9.17, 15) is 4.79 Å². The fourth-order valence-electron chi connectivity index (χ4n) is 1.22. The molecule has 1 fully saturated rings. The van der Waals surface area contributed by atoms with Crippen molar-refractivity contribution in [2.45, 2.75) is 6.42 Å². The zero-order chi connectivity index (χ0) is 9.10. The molecule has 13 heavy (non-hydrogen) atoms. The van der Waals surface area contributed by atoms with Crippen molar-refractivity contribution in [3.8, 4) is 0 Å². The SMILES string of the molecule is O=C1CC/[N+](=C\c2cccnc2)N1. The average Bonchev–Trinajstić information content (AvgIpc) is 2.53. The number of carbonyl (C=O) groups is 1. The van der Waals surface area contributed by atoms with E-state index in [-0.39, 0.29) is 5.91 Å². The molecule has 0 unspecified atom stereocenters. The van der Waals surface area contributed by atoms with Gasteiger partial charge in [0, 0.05) is 12.4 Å². The van der Waals surface area contributed by atoms with Crippen LogP contribution in [0, 0.1) is 0 Å². The number of aromatic nitrogens is 1. The number of rotatable bonds is 1. The maximum atomic E-state index is 10.9. The van der Waals surface area contributed by atoms with Gasteiger partial charge in [-0.25, -0.2) is 0 Å². The molecule has 0 spiro atoms. The first-order valence-corrected chi connectivity index (χ1v) is 4.15. The molecule has 1 amide bonds. The third kappa shape index (κ3) is 1.90. The molecular formula is C9H10N3O+. The lowest BCUT2D eigenvalue weighted by molar-refractivity contribution is -0.553. The Morgan fingerprint density at radius 2 is 2.54 bits per heavy atom. The Bertz CT molecular complexity index is 345. The number of hydrogen-bond donors (Lipinski definition) is 1. The van der Waals surface area contributed by atoms with E-state index in [1.165, 1.54) is 0 Å². The molecule has 66 valence electrons. The molecule has 4 nitrogen and oxygen atoms in total. The van der Waals surface area contributed by atoms with Gasteiger partial charge in [0.15, 0.2) is 6.54 Å². The topological polar surface area (TPSA) is 45.0 Å². The summed E-state index contributed by atoms with van der Waals surface area (Å²) in [5.41, 5.74) is 3.70. The lowest BCUT2D eigenvalue weighted by atomic mass is 10.3. The van der Waals surface area contributed by atoms with Gasteiger partial charge in [-0.2, -0.15) is 0 Å². The minimum atomic E-state index is 0.0696. The maximum Gasteiger partial charge on any atom is 0.280 e. The fraction of sp³-hybridized carbons (Fsp3) is 0.222. The third-order valence-electron chi connectivity index (χ3n) is 1.84. The first kappa shape index (κ1) is 7.91. The van der Waals surface area contributed by atoms with Crippen molar-refractivity contribution in [2.75, 3.05) is 6.54 Å². The summed E-state index contributed by atoms with van der Waals surface area (Å²) in [6.45, 7) is 0.730. The van der Waals surface area contributed by atoms with Crippen molar-refractivity contribution >= 4 is 12.1 Å². The summed E-state index contributed by atoms with van der Waals surface area (Å²) in [4.78, 5) is 14.8. The van der Waals surface area contributed by atoms with E-state index in [1.54, 1.807) is 17.1 Å². The molecule has 1 aromatic rings. The second-order valence-electron chi connectivity index (χ2n) is 2.89.